The summed E-state index contributed by atoms with van der Waals surface area (Å²) < 4.78 is 9.84. The number of nitrogens with one attached hydrogen (secondary N) is 2. The second-order valence-electron chi connectivity index (χ2n) is 4.93. The van der Waals surface area contributed by atoms with Gasteiger partial charge in [-0.2, -0.15) is 0 Å². The summed E-state index contributed by atoms with van der Waals surface area (Å²) >= 11 is 0. The number of rotatable bonds is 4. The third-order valence-electron chi connectivity index (χ3n) is 3.40. The average molecular weight is 317 g/mol. The van der Waals surface area contributed by atoms with Gasteiger partial charge in [-0.15, -0.1) is 0 Å². The van der Waals surface area contributed by atoms with Crippen molar-refractivity contribution >= 4 is 23.5 Å². The topological polar surface area (TPSA) is 83.8 Å². The number of urea groups is 1. The number of hydrogen-bond donors (Lipinski definition) is 2. The molecular weight excluding hydrogens is 298 g/mol. The number of methoxy groups -OCH3 is 1. The third kappa shape index (κ3) is 4.26. The second-order valence-corrected chi connectivity index (χ2v) is 4.93. The first-order valence-corrected chi connectivity index (χ1v) is 7.03. The van der Waals surface area contributed by atoms with E-state index in [-0.39, 0.29) is 12.1 Å². The number of hydrogen-bond acceptors (Lipinski definition) is 4. The summed E-state index contributed by atoms with van der Waals surface area (Å²) in [5, 5.41) is 5.31. The van der Waals surface area contributed by atoms with Gasteiger partial charge in [-0.25, -0.2) is 9.59 Å². The molecule has 0 spiro atoms. The molecule has 0 saturated carbocycles. The average Bonchev–Trinajstić information content (AvgIpc) is 3.08. The highest BCUT2D eigenvalue weighted by molar-refractivity contribution is 5.91. The predicted octanol–water partition coefficient (Wildman–Crippen LogP) is 3.68. The van der Waals surface area contributed by atoms with Crippen molar-refractivity contribution in [1.29, 1.82) is 0 Å². The van der Waals surface area contributed by atoms with Crippen LogP contribution in [-0.2, 0) is 4.74 Å². The smallest absolute Gasteiger partial charge is 0.411 e. The van der Waals surface area contributed by atoms with Crippen molar-refractivity contribution in [3.8, 4) is 0 Å². The standard InChI is InChI=1S/C16H19N3O4/c1-11(14-8-5-9-23-14)19(2)15(20)17-12-6-4-7-13(10-12)18-16(21)22-3/h4-11H,1-3H3,(H,17,20)(H,18,21). The lowest BCUT2D eigenvalue weighted by Gasteiger charge is -2.23. The van der Waals surface area contributed by atoms with E-state index in [9.17, 15) is 9.59 Å². The number of amides is 3. The summed E-state index contributed by atoms with van der Waals surface area (Å²) in [4.78, 5) is 25.0. The molecule has 0 aliphatic carbocycles. The van der Waals surface area contributed by atoms with Crippen molar-refractivity contribution in [2.75, 3.05) is 24.8 Å². The molecule has 2 N–H and O–H groups in total. The van der Waals surface area contributed by atoms with Crippen LogP contribution in [0.5, 0.6) is 0 Å². The maximum atomic E-state index is 12.3. The third-order valence-corrected chi connectivity index (χ3v) is 3.40. The van der Waals surface area contributed by atoms with Gasteiger partial charge in [-0.3, -0.25) is 5.32 Å². The monoisotopic (exact) mass is 317 g/mol. The summed E-state index contributed by atoms with van der Waals surface area (Å²) in [6.07, 6.45) is 0.997. The van der Waals surface area contributed by atoms with E-state index in [0.29, 0.717) is 17.1 Å². The maximum absolute atomic E-state index is 12.3. The first-order chi connectivity index (χ1) is 11.0. The summed E-state index contributed by atoms with van der Waals surface area (Å²) in [6.45, 7) is 1.87. The van der Waals surface area contributed by atoms with Gasteiger partial charge >= 0.3 is 12.1 Å². The van der Waals surface area contributed by atoms with Gasteiger partial charge in [0.05, 0.1) is 19.4 Å². The lowest BCUT2D eigenvalue weighted by molar-refractivity contribution is 0.187. The minimum absolute atomic E-state index is 0.207. The quantitative estimate of drug-likeness (QED) is 0.901. The first-order valence-electron chi connectivity index (χ1n) is 7.03. The van der Waals surface area contributed by atoms with Crippen LogP contribution < -0.4 is 10.6 Å². The lowest BCUT2D eigenvalue weighted by Crippen LogP contribution is -2.33. The molecule has 7 nitrogen and oxygen atoms in total. The minimum atomic E-state index is -0.572. The highest BCUT2D eigenvalue weighted by Gasteiger charge is 2.19. The summed E-state index contributed by atoms with van der Waals surface area (Å²) in [6, 6.07) is 9.88. The van der Waals surface area contributed by atoms with Gasteiger partial charge < -0.3 is 19.4 Å². The van der Waals surface area contributed by atoms with Crippen molar-refractivity contribution in [2.24, 2.45) is 0 Å². The van der Waals surface area contributed by atoms with E-state index in [1.165, 1.54) is 12.0 Å². The van der Waals surface area contributed by atoms with E-state index in [1.807, 2.05) is 13.0 Å². The molecule has 0 fully saturated rings. The molecule has 23 heavy (non-hydrogen) atoms. The number of carbonyl (C=O) groups is 2. The molecule has 7 heteroatoms. The van der Waals surface area contributed by atoms with E-state index in [4.69, 9.17) is 4.42 Å². The van der Waals surface area contributed by atoms with E-state index in [1.54, 1.807) is 43.6 Å². The molecule has 122 valence electrons. The van der Waals surface area contributed by atoms with Gasteiger partial charge in [0.2, 0.25) is 0 Å². The van der Waals surface area contributed by atoms with Crippen LogP contribution in [0.25, 0.3) is 0 Å². The fraction of sp³-hybridized carbons (Fsp3) is 0.250. The molecule has 0 saturated heterocycles. The van der Waals surface area contributed by atoms with Crippen LogP contribution in [0.1, 0.15) is 18.7 Å². The molecule has 0 aliphatic rings. The van der Waals surface area contributed by atoms with Gasteiger partial charge in [0.1, 0.15) is 5.76 Å². The normalized spacial score (nSPS) is 11.4. The molecule has 1 heterocycles. The predicted molar refractivity (Wildman–Crippen MR) is 86.4 cm³/mol. The molecule has 2 aromatic rings. The number of carbonyl (C=O) groups excluding carboxylic acids is 2. The Balaban J connectivity index is 2.02. The fourth-order valence-electron chi connectivity index (χ4n) is 1.95. The SMILES string of the molecule is COC(=O)Nc1cccc(NC(=O)N(C)C(C)c2ccco2)c1. The Morgan fingerprint density at radius 3 is 2.48 bits per heavy atom. The fourth-order valence-corrected chi connectivity index (χ4v) is 1.95. The zero-order valence-electron chi connectivity index (χ0n) is 13.2. The molecular formula is C16H19N3O4. The highest BCUT2D eigenvalue weighted by Crippen LogP contribution is 2.21. The first kappa shape index (κ1) is 16.4. The summed E-state index contributed by atoms with van der Waals surface area (Å²) in [7, 11) is 2.96. The zero-order chi connectivity index (χ0) is 16.8. The van der Waals surface area contributed by atoms with Gasteiger partial charge in [-0.1, -0.05) is 6.07 Å². The minimum Gasteiger partial charge on any atom is -0.467 e. The lowest BCUT2D eigenvalue weighted by atomic mass is 10.2. The molecule has 0 bridgehead atoms. The summed E-state index contributed by atoms with van der Waals surface area (Å²) in [5.41, 5.74) is 1.08. The Labute approximate surface area is 134 Å². The van der Waals surface area contributed by atoms with Crippen LogP contribution in [-0.4, -0.2) is 31.2 Å². The van der Waals surface area contributed by atoms with Crippen molar-refractivity contribution in [1.82, 2.24) is 4.90 Å². The largest absolute Gasteiger partial charge is 0.467 e. The van der Waals surface area contributed by atoms with Crippen LogP contribution >= 0.6 is 0 Å². The molecule has 1 aromatic heterocycles. The Hall–Kier alpha value is -2.96. The molecule has 3 amide bonds. The zero-order valence-corrected chi connectivity index (χ0v) is 13.2. The van der Waals surface area contributed by atoms with E-state index in [2.05, 4.69) is 15.4 Å². The Bertz CT molecular complexity index is 670. The van der Waals surface area contributed by atoms with Crippen LogP contribution in [0.2, 0.25) is 0 Å². The van der Waals surface area contributed by atoms with Gasteiger partial charge in [0.25, 0.3) is 0 Å². The van der Waals surface area contributed by atoms with Crippen molar-refractivity contribution in [2.45, 2.75) is 13.0 Å². The number of benzene rings is 1. The van der Waals surface area contributed by atoms with Crippen LogP contribution in [0.3, 0.4) is 0 Å². The van der Waals surface area contributed by atoms with Gasteiger partial charge in [0, 0.05) is 18.4 Å². The van der Waals surface area contributed by atoms with Crippen LogP contribution in [0.15, 0.2) is 47.1 Å². The molecule has 0 radical (unpaired) electrons. The van der Waals surface area contributed by atoms with Crippen molar-refractivity contribution in [3.05, 3.63) is 48.4 Å². The maximum Gasteiger partial charge on any atom is 0.411 e. The Morgan fingerprint density at radius 1 is 1.17 bits per heavy atom. The van der Waals surface area contributed by atoms with Crippen LogP contribution in [0.4, 0.5) is 21.0 Å². The molecule has 1 atom stereocenters. The van der Waals surface area contributed by atoms with E-state index in [0.717, 1.165) is 0 Å². The summed E-state index contributed by atoms with van der Waals surface area (Å²) in [5.74, 6) is 0.698. The van der Waals surface area contributed by atoms with Gasteiger partial charge in [0.15, 0.2) is 0 Å². The highest BCUT2D eigenvalue weighted by atomic mass is 16.5. The van der Waals surface area contributed by atoms with E-state index >= 15 is 0 Å². The Kier molecular flexibility index (Phi) is 5.24. The van der Waals surface area contributed by atoms with E-state index < -0.39 is 6.09 Å². The van der Waals surface area contributed by atoms with Crippen molar-refractivity contribution in [3.63, 3.8) is 0 Å². The van der Waals surface area contributed by atoms with Crippen molar-refractivity contribution < 1.29 is 18.7 Å². The number of ether oxygens (including phenoxy) is 1. The number of furan rings is 1. The number of nitrogens with zero attached hydrogens (tertiary/aromatic N) is 1. The molecule has 1 unspecified atom stereocenters. The molecule has 0 aliphatic heterocycles. The Morgan fingerprint density at radius 2 is 1.87 bits per heavy atom. The number of anilines is 2. The molecule has 1 aromatic carbocycles. The van der Waals surface area contributed by atoms with Gasteiger partial charge in [-0.05, 0) is 37.3 Å². The molecule has 2 rings (SSSR count). The van der Waals surface area contributed by atoms with Crippen LogP contribution in [0, 0.1) is 0 Å². The second kappa shape index (κ2) is 7.35.